The maximum atomic E-state index is 11.9. The number of hydrogen-bond acceptors (Lipinski definition) is 6. The third kappa shape index (κ3) is 8.67. The number of hydrogen-bond donors (Lipinski definition) is 7. The van der Waals surface area contributed by atoms with E-state index < -0.39 is 19.6 Å². The quantitative estimate of drug-likeness (QED) is 0.112. The number of phosphoric acid groups is 1. The van der Waals surface area contributed by atoms with Gasteiger partial charge in [-0.15, -0.1) is 0 Å². The molecule has 0 radical (unpaired) electrons. The summed E-state index contributed by atoms with van der Waals surface area (Å²) >= 11 is 0. The Bertz CT molecular complexity index is 688. The Kier molecular flexibility index (Phi) is 8.33. The highest BCUT2D eigenvalue weighted by molar-refractivity contribution is 7.46. The van der Waals surface area contributed by atoms with Crippen LogP contribution in [-0.4, -0.2) is 45.9 Å². The van der Waals surface area contributed by atoms with E-state index in [-0.39, 0.29) is 24.0 Å². The predicted molar refractivity (Wildman–Crippen MR) is 95.4 cm³/mol. The number of benzene rings is 1. The van der Waals surface area contributed by atoms with Crippen molar-refractivity contribution in [1.82, 2.24) is 5.32 Å². The number of phosphoric ester groups is 1. The molecule has 11 nitrogen and oxygen atoms in total. The Balaban J connectivity index is 2.45. The highest BCUT2D eigenvalue weighted by atomic mass is 31.2. The van der Waals surface area contributed by atoms with Gasteiger partial charge in [0.2, 0.25) is 5.91 Å². The molecule has 0 aliphatic carbocycles. The second-order valence-corrected chi connectivity index (χ2v) is 6.66. The van der Waals surface area contributed by atoms with Gasteiger partial charge in [0, 0.05) is 13.1 Å². The maximum absolute atomic E-state index is 11.9. The molecule has 0 heterocycles. The van der Waals surface area contributed by atoms with Crippen LogP contribution in [0.25, 0.3) is 0 Å². The van der Waals surface area contributed by atoms with Crippen LogP contribution in [0.3, 0.4) is 0 Å². The molecule has 0 fully saturated rings. The number of nitrogens with two attached hydrogens (primary N) is 3. The molecule has 0 saturated heterocycles. The molecule has 26 heavy (non-hydrogen) atoms. The normalized spacial score (nSPS) is 12.3. The number of phenolic OH excluding ortho intramolecular Hbond substituents is 1. The molecule has 0 bridgehead atoms. The Morgan fingerprint density at radius 1 is 1.31 bits per heavy atom. The zero-order valence-electron chi connectivity index (χ0n) is 14.0. The SMILES string of the molecule is NC(N)=NCCCCNC(=O)C(N)Cc1ccc(OP(=O)(O)O)c(O)c1. The van der Waals surface area contributed by atoms with Gasteiger partial charge in [-0.1, -0.05) is 6.07 Å². The molecule has 1 rings (SSSR count). The van der Waals surface area contributed by atoms with Crippen molar-refractivity contribution in [1.29, 1.82) is 0 Å². The van der Waals surface area contributed by atoms with Crippen LogP contribution >= 0.6 is 7.82 Å². The fourth-order valence-corrected chi connectivity index (χ4v) is 2.44. The third-order valence-electron chi connectivity index (χ3n) is 3.21. The lowest BCUT2D eigenvalue weighted by Gasteiger charge is -2.14. The number of guanidine groups is 1. The molecule has 0 aliphatic rings. The standard InChI is InChI=1S/C14H24N5O6P/c15-10(13(21)18-5-1-2-6-19-14(16)17)7-9-3-4-12(11(20)8-9)25-26(22,23)24/h3-4,8,10,20H,1-2,5-7,15H2,(H,18,21)(H4,16,17,19)(H2,22,23,24). The summed E-state index contributed by atoms with van der Waals surface area (Å²) in [6.45, 7) is 0.902. The van der Waals surface area contributed by atoms with Crippen molar-refractivity contribution in [3.63, 3.8) is 0 Å². The third-order valence-corrected chi connectivity index (χ3v) is 3.65. The first kappa shape index (κ1) is 21.7. The summed E-state index contributed by atoms with van der Waals surface area (Å²) in [4.78, 5) is 33.2. The van der Waals surface area contributed by atoms with Crippen molar-refractivity contribution in [2.75, 3.05) is 13.1 Å². The molecular formula is C14H24N5O6P. The highest BCUT2D eigenvalue weighted by Gasteiger charge is 2.19. The van der Waals surface area contributed by atoms with Gasteiger partial charge in [-0.2, -0.15) is 0 Å². The Morgan fingerprint density at radius 3 is 2.58 bits per heavy atom. The lowest BCUT2D eigenvalue weighted by molar-refractivity contribution is -0.122. The summed E-state index contributed by atoms with van der Waals surface area (Å²) in [5, 5.41) is 12.4. The minimum absolute atomic E-state index is 0.0246. The molecule has 146 valence electrons. The first-order valence-electron chi connectivity index (χ1n) is 7.74. The second kappa shape index (κ2) is 9.97. The van der Waals surface area contributed by atoms with Gasteiger partial charge in [-0.3, -0.25) is 19.6 Å². The van der Waals surface area contributed by atoms with Gasteiger partial charge >= 0.3 is 7.82 Å². The van der Waals surface area contributed by atoms with Crippen molar-refractivity contribution in [2.24, 2.45) is 22.2 Å². The van der Waals surface area contributed by atoms with Crippen molar-refractivity contribution < 1.29 is 28.8 Å². The number of carbonyl (C=O) groups excluding carboxylic acids is 1. The lowest BCUT2D eigenvalue weighted by Crippen LogP contribution is -2.42. The largest absolute Gasteiger partial charge is 0.524 e. The molecule has 1 aromatic rings. The molecule has 10 N–H and O–H groups in total. The van der Waals surface area contributed by atoms with E-state index in [9.17, 15) is 14.5 Å². The maximum Gasteiger partial charge on any atom is 0.524 e. The fourth-order valence-electron chi connectivity index (χ4n) is 2.03. The van der Waals surface area contributed by atoms with Crippen LogP contribution in [0.4, 0.5) is 0 Å². The van der Waals surface area contributed by atoms with Crippen LogP contribution in [0.5, 0.6) is 11.5 Å². The molecule has 12 heteroatoms. The highest BCUT2D eigenvalue weighted by Crippen LogP contribution is 2.41. The van der Waals surface area contributed by atoms with Gasteiger partial charge in [-0.25, -0.2) is 4.57 Å². The number of unbranched alkanes of at least 4 members (excludes halogenated alkanes) is 1. The zero-order chi connectivity index (χ0) is 19.7. The van der Waals surface area contributed by atoms with Crippen LogP contribution in [-0.2, 0) is 15.8 Å². The topological polar surface area (TPSA) is 207 Å². The number of amides is 1. The zero-order valence-corrected chi connectivity index (χ0v) is 14.9. The number of aliphatic imine (C=N–C) groups is 1. The van der Waals surface area contributed by atoms with Crippen molar-refractivity contribution in [3.05, 3.63) is 23.8 Å². The first-order chi connectivity index (χ1) is 12.1. The van der Waals surface area contributed by atoms with Crippen molar-refractivity contribution >= 4 is 19.7 Å². The number of rotatable bonds is 10. The first-order valence-corrected chi connectivity index (χ1v) is 9.27. The van der Waals surface area contributed by atoms with Gasteiger partial charge in [0.05, 0.1) is 6.04 Å². The van der Waals surface area contributed by atoms with Gasteiger partial charge < -0.3 is 32.1 Å². The summed E-state index contributed by atoms with van der Waals surface area (Å²) in [6, 6.07) is 3.03. The minimum Gasteiger partial charge on any atom is -0.504 e. The summed E-state index contributed by atoms with van der Waals surface area (Å²) in [5.74, 6) is -1.16. The van der Waals surface area contributed by atoms with Crippen LogP contribution in [0, 0.1) is 0 Å². The van der Waals surface area contributed by atoms with E-state index in [2.05, 4.69) is 14.8 Å². The van der Waals surface area contributed by atoms with E-state index in [0.29, 0.717) is 31.5 Å². The van der Waals surface area contributed by atoms with E-state index in [1.54, 1.807) is 0 Å². The molecule has 0 spiro atoms. The summed E-state index contributed by atoms with van der Waals surface area (Å²) < 4.78 is 15.1. The Hall–Kier alpha value is -2.33. The lowest BCUT2D eigenvalue weighted by atomic mass is 10.1. The Morgan fingerprint density at radius 2 is 2.00 bits per heavy atom. The number of nitrogens with one attached hydrogen (secondary N) is 1. The number of phenols is 1. The van der Waals surface area contributed by atoms with Gasteiger partial charge in [0.15, 0.2) is 17.5 Å². The smallest absolute Gasteiger partial charge is 0.504 e. The summed E-state index contributed by atoms with van der Waals surface area (Å²) in [5.41, 5.74) is 16.7. The van der Waals surface area contributed by atoms with E-state index >= 15 is 0 Å². The number of carbonyl (C=O) groups is 1. The molecule has 0 aliphatic heterocycles. The van der Waals surface area contributed by atoms with Gasteiger partial charge in [0.25, 0.3) is 0 Å². The second-order valence-electron chi connectivity index (χ2n) is 5.50. The van der Waals surface area contributed by atoms with Gasteiger partial charge in [-0.05, 0) is 37.0 Å². The van der Waals surface area contributed by atoms with Crippen molar-refractivity contribution in [2.45, 2.75) is 25.3 Å². The molecule has 1 amide bonds. The number of nitrogens with zero attached hydrogens (tertiary/aromatic N) is 1. The molecule has 1 unspecified atom stereocenters. The molecule has 0 aromatic heterocycles. The van der Waals surface area contributed by atoms with E-state index in [1.807, 2.05) is 0 Å². The minimum atomic E-state index is -4.77. The van der Waals surface area contributed by atoms with Crippen molar-refractivity contribution in [3.8, 4) is 11.5 Å². The summed E-state index contributed by atoms with van der Waals surface area (Å²) in [7, 11) is -4.77. The predicted octanol–water partition coefficient (Wildman–Crippen LogP) is -1.10. The molecule has 1 atom stereocenters. The number of aromatic hydroxyl groups is 1. The molecule has 0 saturated carbocycles. The fraction of sp³-hybridized carbons (Fsp3) is 0.429. The van der Waals surface area contributed by atoms with Gasteiger partial charge in [0.1, 0.15) is 0 Å². The average Bonchev–Trinajstić information content (AvgIpc) is 2.51. The summed E-state index contributed by atoms with van der Waals surface area (Å²) in [6.07, 6.45) is 1.52. The van der Waals surface area contributed by atoms with Crippen LogP contribution in [0.1, 0.15) is 18.4 Å². The van der Waals surface area contributed by atoms with Crippen LogP contribution in [0.2, 0.25) is 0 Å². The van der Waals surface area contributed by atoms with E-state index in [0.717, 1.165) is 0 Å². The van der Waals surface area contributed by atoms with E-state index in [1.165, 1.54) is 18.2 Å². The van der Waals surface area contributed by atoms with Crippen LogP contribution < -0.4 is 27.0 Å². The molecular weight excluding hydrogens is 365 g/mol. The van der Waals surface area contributed by atoms with E-state index in [4.69, 9.17) is 27.0 Å². The monoisotopic (exact) mass is 389 g/mol. The van der Waals surface area contributed by atoms with Crippen LogP contribution in [0.15, 0.2) is 23.2 Å². The molecule has 1 aromatic carbocycles. The Labute approximate surface area is 150 Å². The average molecular weight is 389 g/mol.